The van der Waals surface area contributed by atoms with E-state index < -0.39 is 10.0 Å². The van der Waals surface area contributed by atoms with Crippen LogP contribution in [0.5, 0.6) is 0 Å². The van der Waals surface area contributed by atoms with Crippen LogP contribution in [-0.2, 0) is 16.6 Å². The summed E-state index contributed by atoms with van der Waals surface area (Å²) in [6, 6.07) is 1.40. The molecule has 0 saturated heterocycles. The van der Waals surface area contributed by atoms with Gasteiger partial charge in [-0.25, -0.2) is 18.4 Å². The molecule has 0 aliphatic carbocycles. The predicted molar refractivity (Wildman–Crippen MR) is 84.2 cm³/mol. The molecule has 0 bridgehead atoms. The third-order valence-electron chi connectivity index (χ3n) is 2.71. The summed E-state index contributed by atoms with van der Waals surface area (Å²) in [4.78, 5) is 8.20. The van der Waals surface area contributed by atoms with E-state index in [2.05, 4.69) is 15.3 Å². The number of hydrogen-bond acceptors (Lipinski definition) is 6. The van der Waals surface area contributed by atoms with Crippen LogP contribution in [0.4, 0.5) is 5.82 Å². The first-order valence-electron chi connectivity index (χ1n) is 6.19. The van der Waals surface area contributed by atoms with Crippen molar-refractivity contribution >= 4 is 38.8 Å². The molecule has 0 atom stereocenters. The zero-order valence-electron chi connectivity index (χ0n) is 11.6. The summed E-state index contributed by atoms with van der Waals surface area (Å²) in [6.07, 6.45) is 2.95. The molecule has 2 rings (SSSR count). The Morgan fingerprint density at radius 2 is 2.19 bits per heavy atom. The van der Waals surface area contributed by atoms with Gasteiger partial charge in [0.2, 0.25) is 10.0 Å². The molecule has 21 heavy (non-hydrogen) atoms. The van der Waals surface area contributed by atoms with Crippen molar-refractivity contribution in [2.24, 2.45) is 0 Å². The Kier molecular flexibility index (Phi) is 5.15. The summed E-state index contributed by atoms with van der Waals surface area (Å²) < 4.78 is 26.2. The number of sulfonamides is 1. The van der Waals surface area contributed by atoms with E-state index in [1.165, 1.54) is 35.0 Å². The molecule has 2 heterocycles. The molecule has 2 aromatic heterocycles. The largest absolute Gasteiger partial charge is 0.369 e. The van der Waals surface area contributed by atoms with E-state index in [0.717, 1.165) is 5.01 Å². The fraction of sp³-hybridized carbons (Fsp3) is 0.333. The Hall–Kier alpha value is -1.22. The van der Waals surface area contributed by atoms with Gasteiger partial charge in [0, 0.05) is 31.4 Å². The highest BCUT2D eigenvalue weighted by atomic mass is 35.5. The number of nitrogens with one attached hydrogen (secondary N) is 1. The van der Waals surface area contributed by atoms with Crippen molar-refractivity contribution in [2.75, 3.05) is 18.9 Å². The number of pyridine rings is 1. The second kappa shape index (κ2) is 6.69. The minimum absolute atomic E-state index is 0.0632. The molecule has 0 radical (unpaired) electrons. The van der Waals surface area contributed by atoms with Crippen LogP contribution < -0.4 is 5.32 Å². The predicted octanol–water partition coefficient (Wildman–Crippen LogP) is 2.44. The Balaban J connectivity index is 2.24. The smallest absolute Gasteiger partial charge is 0.244 e. The van der Waals surface area contributed by atoms with Crippen LogP contribution in [0.1, 0.15) is 11.9 Å². The van der Waals surface area contributed by atoms with Gasteiger partial charge in [0.1, 0.15) is 15.7 Å². The minimum atomic E-state index is -3.64. The van der Waals surface area contributed by atoms with Gasteiger partial charge in [-0.1, -0.05) is 11.6 Å². The Morgan fingerprint density at radius 1 is 1.43 bits per heavy atom. The van der Waals surface area contributed by atoms with Crippen LogP contribution in [0.15, 0.2) is 28.7 Å². The number of aromatic nitrogens is 2. The summed E-state index contributed by atoms with van der Waals surface area (Å²) in [5.41, 5.74) is 0. The quantitative estimate of drug-likeness (QED) is 0.869. The molecule has 0 unspecified atom stereocenters. The van der Waals surface area contributed by atoms with E-state index in [0.29, 0.717) is 12.4 Å². The lowest BCUT2D eigenvalue weighted by Crippen LogP contribution is -2.26. The molecular weight excluding hydrogens is 332 g/mol. The molecular formula is C12H15ClN4O2S2. The molecule has 0 spiro atoms. The monoisotopic (exact) mass is 346 g/mol. The third-order valence-corrected chi connectivity index (χ3v) is 5.53. The summed E-state index contributed by atoms with van der Waals surface area (Å²) in [5.74, 6) is 0.473. The molecule has 2 aromatic rings. The zero-order chi connectivity index (χ0) is 15.5. The first kappa shape index (κ1) is 16.2. The van der Waals surface area contributed by atoms with Crippen LogP contribution in [0, 0.1) is 0 Å². The van der Waals surface area contributed by atoms with Gasteiger partial charge < -0.3 is 5.32 Å². The summed E-state index contributed by atoms with van der Waals surface area (Å²) in [6.45, 7) is 2.78. The fourth-order valence-corrected chi connectivity index (χ4v) is 3.80. The van der Waals surface area contributed by atoms with Crippen molar-refractivity contribution in [1.82, 2.24) is 14.3 Å². The average Bonchev–Trinajstić information content (AvgIpc) is 2.94. The van der Waals surface area contributed by atoms with Crippen LogP contribution in [0.2, 0.25) is 5.02 Å². The average molecular weight is 347 g/mol. The van der Waals surface area contributed by atoms with E-state index in [9.17, 15) is 8.42 Å². The standard InChI is InChI=1S/C12H15ClN4O2S2/c1-3-14-12-10(13)6-9(7-16-12)21(18,19)17(2)8-11-15-4-5-20-11/h4-7H,3,8H2,1-2H3,(H,14,16). The molecule has 0 amide bonds. The lowest BCUT2D eigenvalue weighted by atomic mass is 10.4. The van der Waals surface area contributed by atoms with Crippen LogP contribution >= 0.6 is 22.9 Å². The van der Waals surface area contributed by atoms with E-state index >= 15 is 0 Å². The molecule has 0 fully saturated rings. The summed E-state index contributed by atoms with van der Waals surface area (Å²) in [7, 11) is -2.14. The maximum atomic E-state index is 12.5. The highest BCUT2D eigenvalue weighted by Crippen LogP contribution is 2.24. The summed E-state index contributed by atoms with van der Waals surface area (Å²) >= 11 is 7.45. The molecule has 0 aromatic carbocycles. The Labute approximate surface area is 132 Å². The van der Waals surface area contributed by atoms with Crippen molar-refractivity contribution in [3.8, 4) is 0 Å². The maximum absolute atomic E-state index is 12.5. The SMILES string of the molecule is CCNc1ncc(S(=O)(=O)N(C)Cc2nccs2)cc1Cl. The highest BCUT2D eigenvalue weighted by molar-refractivity contribution is 7.89. The lowest BCUT2D eigenvalue weighted by molar-refractivity contribution is 0.465. The van der Waals surface area contributed by atoms with Gasteiger partial charge in [0.15, 0.2) is 0 Å². The van der Waals surface area contributed by atoms with Crippen molar-refractivity contribution in [3.05, 3.63) is 33.9 Å². The zero-order valence-corrected chi connectivity index (χ0v) is 14.0. The molecule has 0 aliphatic rings. The van der Waals surface area contributed by atoms with E-state index in [4.69, 9.17) is 11.6 Å². The topological polar surface area (TPSA) is 75.2 Å². The van der Waals surface area contributed by atoms with Crippen LogP contribution in [0.3, 0.4) is 0 Å². The van der Waals surface area contributed by atoms with Crippen LogP contribution in [-0.4, -0.2) is 36.3 Å². The van der Waals surface area contributed by atoms with E-state index in [1.807, 2.05) is 6.92 Å². The number of halogens is 1. The van der Waals surface area contributed by atoms with Gasteiger partial charge in [0.25, 0.3) is 0 Å². The highest BCUT2D eigenvalue weighted by Gasteiger charge is 2.23. The summed E-state index contributed by atoms with van der Waals surface area (Å²) in [5, 5.41) is 5.77. The molecule has 0 aliphatic heterocycles. The first-order chi connectivity index (χ1) is 9.95. The number of hydrogen-bond donors (Lipinski definition) is 1. The van der Waals surface area contributed by atoms with Crippen molar-refractivity contribution in [2.45, 2.75) is 18.4 Å². The molecule has 1 N–H and O–H groups in total. The Morgan fingerprint density at radius 3 is 2.76 bits per heavy atom. The van der Waals surface area contributed by atoms with Crippen molar-refractivity contribution in [1.29, 1.82) is 0 Å². The van der Waals surface area contributed by atoms with Gasteiger partial charge in [-0.15, -0.1) is 11.3 Å². The van der Waals surface area contributed by atoms with E-state index in [1.54, 1.807) is 11.6 Å². The van der Waals surface area contributed by atoms with E-state index in [-0.39, 0.29) is 16.5 Å². The number of thiazole rings is 1. The van der Waals surface area contributed by atoms with Gasteiger partial charge in [-0.2, -0.15) is 4.31 Å². The second-order valence-corrected chi connectivity index (χ2v) is 7.65. The lowest BCUT2D eigenvalue weighted by Gasteiger charge is -2.16. The normalized spacial score (nSPS) is 11.8. The molecule has 6 nitrogen and oxygen atoms in total. The van der Waals surface area contributed by atoms with Crippen molar-refractivity contribution in [3.63, 3.8) is 0 Å². The first-order valence-corrected chi connectivity index (χ1v) is 8.89. The fourth-order valence-electron chi connectivity index (χ4n) is 1.65. The van der Waals surface area contributed by atoms with Gasteiger partial charge in [0.05, 0.1) is 11.6 Å². The van der Waals surface area contributed by atoms with Crippen LogP contribution in [0.25, 0.3) is 0 Å². The number of rotatable bonds is 6. The second-order valence-electron chi connectivity index (χ2n) is 4.22. The number of nitrogens with zero attached hydrogens (tertiary/aromatic N) is 3. The molecule has 9 heteroatoms. The number of anilines is 1. The molecule has 0 saturated carbocycles. The van der Waals surface area contributed by atoms with Crippen molar-refractivity contribution < 1.29 is 8.42 Å². The van der Waals surface area contributed by atoms with Gasteiger partial charge in [-0.05, 0) is 13.0 Å². The van der Waals surface area contributed by atoms with Gasteiger partial charge in [-0.3, -0.25) is 0 Å². The molecule has 114 valence electrons. The Bertz CT molecular complexity index is 704. The maximum Gasteiger partial charge on any atom is 0.244 e. The third kappa shape index (κ3) is 3.70. The minimum Gasteiger partial charge on any atom is -0.369 e. The van der Waals surface area contributed by atoms with Gasteiger partial charge >= 0.3 is 0 Å².